The van der Waals surface area contributed by atoms with Crippen LogP contribution in [0.1, 0.15) is 114 Å². The molecule has 2 heteroatoms. The van der Waals surface area contributed by atoms with Crippen molar-refractivity contribution in [2.75, 3.05) is 0 Å². The second-order valence-electron chi connectivity index (χ2n) is 10.5. The van der Waals surface area contributed by atoms with Gasteiger partial charge in [-0.05, 0) is 77.6 Å². The molecule has 180 valence electrons. The topological polar surface area (TPSA) is 3.24 Å². The molecule has 2 aromatic rings. The van der Waals surface area contributed by atoms with Gasteiger partial charge in [0, 0.05) is 0 Å². The maximum absolute atomic E-state index is 3.91. The van der Waals surface area contributed by atoms with Crippen molar-refractivity contribution in [3.8, 4) is 0 Å². The van der Waals surface area contributed by atoms with Gasteiger partial charge in [0.1, 0.15) is 0 Å². The highest BCUT2D eigenvalue weighted by atomic mass is 15.1. The smallest absolute Gasteiger partial charge is 0.238 e. The molecule has 2 aromatic carbocycles. The van der Waals surface area contributed by atoms with E-state index in [0.717, 1.165) is 12.8 Å². The van der Waals surface area contributed by atoms with Crippen LogP contribution in [0.25, 0.3) is 0 Å². The van der Waals surface area contributed by atoms with Crippen LogP contribution in [0.5, 0.6) is 0 Å². The minimum absolute atomic E-state index is 0.430. The van der Waals surface area contributed by atoms with E-state index >= 15 is 0 Å². The first-order valence-corrected chi connectivity index (χ1v) is 13.3. The van der Waals surface area contributed by atoms with Crippen molar-refractivity contribution in [2.45, 2.75) is 111 Å². The van der Waals surface area contributed by atoms with Crippen LogP contribution in [-0.4, -0.2) is 23.7 Å². The molecule has 0 saturated carbocycles. The molecule has 0 radical (unpaired) electrons. The third-order valence-corrected chi connectivity index (χ3v) is 7.55. The molecule has 0 aliphatic rings. The van der Waals surface area contributed by atoms with Crippen LogP contribution in [0.15, 0.2) is 61.2 Å². The van der Waals surface area contributed by atoms with Gasteiger partial charge in [0.05, 0.1) is 0 Å². The standard InChI is InChI=1S/C31H48BN/c1-10-12-13-18-25(7)29-20-16-17-22-31(29)27(9)32(33(23(3)4)24(5)6)26(8)30-21-15-14-19-28(30)11-2/h10,14-17,19-27H,1,11-13,18H2,2-9H3. The van der Waals surface area contributed by atoms with E-state index in [1.54, 1.807) is 0 Å². The fourth-order valence-corrected chi connectivity index (χ4v) is 6.00. The monoisotopic (exact) mass is 445 g/mol. The minimum Gasteiger partial charge on any atom is -0.337 e. The van der Waals surface area contributed by atoms with Gasteiger partial charge in [-0.25, -0.2) is 0 Å². The second-order valence-corrected chi connectivity index (χ2v) is 10.5. The van der Waals surface area contributed by atoms with Gasteiger partial charge in [-0.2, -0.15) is 0 Å². The Kier molecular flexibility index (Phi) is 11.0. The van der Waals surface area contributed by atoms with Crippen LogP contribution in [0.2, 0.25) is 0 Å². The van der Waals surface area contributed by atoms with Crippen molar-refractivity contribution >= 4 is 6.85 Å². The summed E-state index contributed by atoms with van der Waals surface area (Å²) in [5.41, 5.74) is 6.06. The molecule has 1 nitrogen and oxygen atoms in total. The van der Waals surface area contributed by atoms with Crippen LogP contribution in [0, 0.1) is 0 Å². The highest BCUT2D eigenvalue weighted by molar-refractivity contribution is 6.59. The lowest BCUT2D eigenvalue weighted by Crippen LogP contribution is -2.54. The SMILES string of the molecule is C=CCCCC(C)c1ccccc1C(C)B(C(C)c1ccccc1CC)N(C(C)C)C(C)C. The van der Waals surface area contributed by atoms with Gasteiger partial charge >= 0.3 is 0 Å². The summed E-state index contributed by atoms with van der Waals surface area (Å²) in [5.74, 6) is 1.45. The molecular formula is C31H48BN. The van der Waals surface area contributed by atoms with Gasteiger partial charge in [-0.15, -0.1) is 6.58 Å². The quantitative estimate of drug-likeness (QED) is 0.169. The summed E-state index contributed by atoms with van der Waals surface area (Å²) >= 11 is 0. The van der Waals surface area contributed by atoms with E-state index in [1.165, 1.54) is 35.1 Å². The largest absolute Gasteiger partial charge is 0.337 e. The van der Waals surface area contributed by atoms with Gasteiger partial charge in [-0.1, -0.05) is 110 Å². The van der Waals surface area contributed by atoms with Gasteiger partial charge in [0.25, 0.3) is 0 Å². The zero-order valence-electron chi connectivity index (χ0n) is 22.6. The Morgan fingerprint density at radius 1 is 0.788 bits per heavy atom. The number of unbranched alkanes of at least 4 members (excludes halogenated alkanes) is 1. The maximum Gasteiger partial charge on any atom is 0.238 e. The van der Waals surface area contributed by atoms with Crippen molar-refractivity contribution in [3.05, 3.63) is 83.4 Å². The van der Waals surface area contributed by atoms with E-state index in [0.29, 0.717) is 36.5 Å². The molecule has 0 bridgehead atoms. The first kappa shape index (κ1) is 27.4. The van der Waals surface area contributed by atoms with Crippen molar-refractivity contribution in [2.24, 2.45) is 0 Å². The molecule has 0 heterocycles. The molecule has 0 spiro atoms. The summed E-state index contributed by atoms with van der Waals surface area (Å²) in [6, 6.07) is 19.3. The molecule has 0 aromatic heterocycles. The molecule has 0 saturated heterocycles. The Morgan fingerprint density at radius 2 is 1.30 bits per heavy atom. The molecular weight excluding hydrogens is 397 g/mol. The van der Waals surface area contributed by atoms with Gasteiger partial charge < -0.3 is 4.81 Å². The molecule has 0 N–H and O–H groups in total. The summed E-state index contributed by atoms with van der Waals surface area (Å²) in [6.07, 6.45) is 6.66. The number of allylic oxidation sites excluding steroid dienone is 1. The van der Waals surface area contributed by atoms with Gasteiger partial charge in [0.2, 0.25) is 6.85 Å². The van der Waals surface area contributed by atoms with Crippen LogP contribution < -0.4 is 0 Å². The Morgan fingerprint density at radius 3 is 1.85 bits per heavy atom. The van der Waals surface area contributed by atoms with E-state index in [2.05, 4.69) is 115 Å². The highest BCUT2D eigenvalue weighted by Crippen LogP contribution is 2.38. The Balaban J connectivity index is 2.55. The average molecular weight is 446 g/mol. The number of aryl methyl sites for hydroxylation is 1. The molecule has 0 fully saturated rings. The Bertz CT molecular complexity index is 848. The van der Waals surface area contributed by atoms with Crippen LogP contribution in [0.3, 0.4) is 0 Å². The molecule has 2 rings (SSSR count). The Hall–Kier alpha value is -1.80. The summed E-state index contributed by atoms with van der Waals surface area (Å²) in [6.45, 7) is 23.4. The molecule has 3 atom stereocenters. The van der Waals surface area contributed by atoms with E-state index in [-0.39, 0.29) is 0 Å². The van der Waals surface area contributed by atoms with Gasteiger partial charge in [0.15, 0.2) is 0 Å². The minimum atomic E-state index is 0.430. The van der Waals surface area contributed by atoms with Crippen LogP contribution in [-0.2, 0) is 6.42 Å². The summed E-state index contributed by atoms with van der Waals surface area (Å²) in [5, 5.41) is 0. The summed E-state index contributed by atoms with van der Waals surface area (Å²) in [7, 11) is 0. The van der Waals surface area contributed by atoms with Crippen LogP contribution >= 0.6 is 0 Å². The van der Waals surface area contributed by atoms with E-state index in [1.807, 2.05) is 6.08 Å². The summed E-state index contributed by atoms with van der Waals surface area (Å²) in [4.78, 5) is 2.76. The summed E-state index contributed by atoms with van der Waals surface area (Å²) < 4.78 is 0. The van der Waals surface area contributed by atoms with E-state index in [4.69, 9.17) is 0 Å². The number of benzene rings is 2. The number of nitrogens with zero attached hydrogens (tertiary/aromatic N) is 1. The molecule has 0 aliphatic carbocycles. The normalized spacial score (nSPS) is 14.5. The molecule has 33 heavy (non-hydrogen) atoms. The number of rotatable bonds is 13. The fraction of sp³-hybridized carbons (Fsp3) is 0.548. The van der Waals surface area contributed by atoms with Gasteiger partial charge in [-0.3, -0.25) is 0 Å². The predicted molar refractivity (Wildman–Crippen MR) is 149 cm³/mol. The zero-order chi connectivity index (χ0) is 24.5. The highest BCUT2D eigenvalue weighted by Gasteiger charge is 2.39. The molecule has 0 amide bonds. The van der Waals surface area contributed by atoms with Crippen LogP contribution in [0.4, 0.5) is 0 Å². The predicted octanol–water partition coefficient (Wildman–Crippen LogP) is 8.80. The maximum atomic E-state index is 3.91. The number of hydrogen-bond acceptors (Lipinski definition) is 1. The lowest BCUT2D eigenvalue weighted by Gasteiger charge is -2.43. The first-order valence-electron chi connectivity index (χ1n) is 13.3. The van der Waals surface area contributed by atoms with E-state index < -0.39 is 0 Å². The third kappa shape index (κ3) is 6.86. The Labute approximate surface area is 205 Å². The lowest BCUT2D eigenvalue weighted by atomic mass is 9.38. The molecule has 0 aliphatic heterocycles. The average Bonchev–Trinajstić information content (AvgIpc) is 2.81. The van der Waals surface area contributed by atoms with Crippen molar-refractivity contribution < 1.29 is 0 Å². The molecule has 3 unspecified atom stereocenters. The zero-order valence-corrected chi connectivity index (χ0v) is 22.6. The van der Waals surface area contributed by atoms with Crippen molar-refractivity contribution in [1.29, 1.82) is 0 Å². The van der Waals surface area contributed by atoms with Crippen molar-refractivity contribution in [3.63, 3.8) is 0 Å². The van der Waals surface area contributed by atoms with E-state index in [9.17, 15) is 0 Å². The lowest BCUT2D eigenvalue weighted by molar-refractivity contribution is 0.293. The first-order chi connectivity index (χ1) is 15.7. The third-order valence-electron chi connectivity index (χ3n) is 7.55. The number of hydrogen-bond donors (Lipinski definition) is 0. The second kappa shape index (κ2) is 13.2. The fourth-order valence-electron chi connectivity index (χ4n) is 6.00. The van der Waals surface area contributed by atoms with Crippen molar-refractivity contribution in [1.82, 2.24) is 4.81 Å².